The van der Waals surface area contributed by atoms with Crippen molar-refractivity contribution in [2.75, 3.05) is 0 Å². The minimum absolute atomic E-state index is 0.0182. The summed E-state index contributed by atoms with van der Waals surface area (Å²) in [5.41, 5.74) is 3.11. The number of carbonyl (C=O) groups is 1. The highest BCUT2D eigenvalue weighted by Gasteiger charge is 2.36. The Morgan fingerprint density at radius 3 is 2.45 bits per heavy atom. The van der Waals surface area contributed by atoms with E-state index in [4.69, 9.17) is 9.72 Å². The largest absolute Gasteiger partial charge is 0.445 e. The van der Waals surface area contributed by atoms with Gasteiger partial charge in [0, 0.05) is 29.5 Å². The van der Waals surface area contributed by atoms with Crippen molar-refractivity contribution < 1.29 is 14.5 Å². The molecule has 1 aliphatic rings. The molecule has 4 aromatic rings. The average molecular weight is 438 g/mol. The molecule has 0 N–H and O–H groups in total. The van der Waals surface area contributed by atoms with Gasteiger partial charge in [0.15, 0.2) is 0 Å². The monoisotopic (exact) mass is 438 g/mol. The van der Waals surface area contributed by atoms with Gasteiger partial charge in [-0.2, -0.15) is 5.01 Å². The van der Waals surface area contributed by atoms with Crippen molar-refractivity contribution in [3.05, 3.63) is 106 Å². The maximum absolute atomic E-state index is 12.5. The predicted octanol–water partition coefficient (Wildman–Crippen LogP) is 5.05. The molecule has 1 aromatic heterocycles. The summed E-state index contributed by atoms with van der Waals surface area (Å²) in [6.45, 7) is 1.38. The highest BCUT2D eigenvalue weighted by molar-refractivity contribution is 6.00. The summed E-state index contributed by atoms with van der Waals surface area (Å²) in [7, 11) is 0. The molecule has 1 atom stereocenters. The van der Waals surface area contributed by atoms with Gasteiger partial charge in [-0.1, -0.05) is 60.7 Å². The van der Waals surface area contributed by atoms with Gasteiger partial charge in [0.1, 0.15) is 5.56 Å². The van der Waals surface area contributed by atoms with Crippen molar-refractivity contribution in [2.24, 2.45) is 5.10 Å². The van der Waals surface area contributed by atoms with Crippen LogP contribution in [0.5, 0.6) is 0 Å². The van der Waals surface area contributed by atoms with E-state index >= 15 is 0 Å². The molecule has 2 heterocycles. The Morgan fingerprint density at radius 1 is 1.00 bits per heavy atom. The Bertz CT molecular complexity index is 1420. The number of para-hydroxylation sites is 2. The number of hydrogen-bond acceptors (Lipinski definition) is 6. The van der Waals surface area contributed by atoms with Gasteiger partial charge in [-0.3, -0.25) is 14.9 Å². The fourth-order valence-electron chi connectivity index (χ4n) is 3.85. The van der Waals surface area contributed by atoms with Gasteiger partial charge in [-0.05, 0) is 18.2 Å². The molecule has 1 aliphatic heterocycles. The molecular weight excluding hydrogens is 420 g/mol. The molecule has 0 saturated carbocycles. The predicted molar refractivity (Wildman–Crippen MR) is 123 cm³/mol. The molecule has 33 heavy (non-hydrogen) atoms. The van der Waals surface area contributed by atoms with E-state index in [0.717, 1.165) is 22.2 Å². The lowest BCUT2D eigenvalue weighted by atomic mass is 10.0. The van der Waals surface area contributed by atoms with Crippen LogP contribution in [0.4, 0.5) is 5.69 Å². The minimum Gasteiger partial charge on any atom is -0.445 e. The first-order valence-electron chi connectivity index (χ1n) is 10.3. The number of hydrazone groups is 1. The van der Waals surface area contributed by atoms with E-state index in [1.807, 2.05) is 60.7 Å². The van der Waals surface area contributed by atoms with E-state index in [0.29, 0.717) is 5.56 Å². The number of hydrogen-bond donors (Lipinski definition) is 0. The van der Waals surface area contributed by atoms with E-state index in [1.54, 1.807) is 18.2 Å². The van der Waals surface area contributed by atoms with Crippen LogP contribution < -0.4 is 0 Å². The minimum atomic E-state index is -0.896. The van der Waals surface area contributed by atoms with Crippen LogP contribution in [0, 0.1) is 10.1 Å². The Labute approximate surface area is 188 Å². The number of nitro groups is 1. The van der Waals surface area contributed by atoms with Crippen LogP contribution >= 0.6 is 0 Å². The number of amides is 1. The van der Waals surface area contributed by atoms with Crippen LogP contribution in [0.1, 0.15) is 24.3 Å². The number of ether oxygens (including phenoxy) is 1. The average Bonchev–Trinajstić information content (AvgIpc) is 3.29. The number of nitro benzene ring substituents is 1. The van der Waals surface area contributed by atoms with Crippen LogP contribution in [-0.2, 0) is 9.53 Å². The first kappa shape index (κ1) is 20.3. The highest BCUT2D eigenvalue weighted by atomic mass is 16.6. The van der Waals surface area contributed by atoms with Gasteiger partial charge in [0.2, 0.25) is 18.0 Å². The summed E-state index contributed by atoms with van der Waals surface area (Å²) < 4.78 is 6.12. The van der Waals surface area contributed by atoms with Crippen molar-refractivity contribution in [3.8, 4) is 11.3 Å². The lowest BCUT2D eigenvalue weighted by Gasteiger charge is -2.21. The van der Waals surface area contributed by atoms with Gasteiger partial charge >= 0.3 is 0 Å². The van der Waals surface area contributed by atoms with Crippen LogP contribution in [0.25, 0.3) is 22.2 Å². The molecule has 8 nitrogen and oxygen atoms in total. The Morgan fingerprint density at radius 2 is 1.70 bits per heavy atom. The van der Waals surface area contributed by atoms with Crippen LogP contribution in [-0.4, -0.2) is 26.7 Å². The van der Waals surface area contributed by atoms with Gasteiger partial charge in [0.25, 0.3) is 5.69 Å². The number of nitrogens with zero attached hydrogens (tertiary/aromatic N) is 4. The number of fused-ring (bicyclic) bond motifs is 1. The van der Waals surface area contributed by atoms with Crippen LogP contribution in [0.3, 0.4) is 0 Å². The SMILES string of the molecule is CC(=O)N1N=C(c2ccccc2[N+](=O)[O-])OC1c1cc(-c2ccccc2)nc2ccccc12. The van der Waals surface area contributed by atoms with E-state index in [-0.39, 0.29) is 23.1 Å². The Kier molecular flexibility index (Phi) is 5.02. The molecule has 8 heteroatoms. The van der Waals surface area contributed by atoms with E-state index in [2.05, 4.69) is 5.10 Å². The van der Waals surface area contributed by atoms with Crippen molar-refractivity contribution in [3.63, 3.8) is 0 Å². The van der Waals surface area contributed by atoms with E-state index < -0.39 is 11.2 Å². The first-order chi connectivity index (χ1) is 16.0. The molecular formula is C25H18N4O4. The maximum atomic E-state index is 12.5. The number of carbonyl (C=O) groups excluding carboxylic acids is 1. The quantitative estimate of drug-likeness (QED) is 0.328. The lowest BCUT2D eigenvalue weighted by Crippen LogP contribution is -2.25. The second kappa shape index (κ2) is 8.16. The Hall–Kier alpha value is -4.59. The Balaban J connectivity index is 1.66. The van der Waals surface area contributed by atoms with Crippen molar-refractivity contribution in [2.45, 2.75) is 13.2 Å². The van der Waals surface area contributed by atoms with Crippen LogP contribution in [0.2, 0.25) is 0 Å². The van der Waals surface area contributed by atoms with Crippen molar-refractivity contribution >= 4 is 28.4 Å². The zero-order valence-corrected chi connectivity index (χ0v) is 17.6. The highest BCUT2D eigenvalue weighted by Crippen LogP contribution is 2.37. The fraction of sp³-hybridized carbons (Fsp3) is 0.0800. The normalized spacial score (nSPS) is 15.2. The number of benzene rings is 3. The molecule has 0 saturated heterocycles. The van der Waals surface area contributed by atoms with Crippen LogP contribution in [0.15, 0.2) is 90.0 Å². The molecule has 0 bridgehead atoms. The third-order valence-corrected chi connectivity index (χ3v) is 5.38. The molecule has 5 rings (SSSR count). The molecule has 0 spiro atoms. The van der Waals surface area contributed by atoms with Gasteiger partial charge in [-0.25, -0.2) is 4.98 Å². The molecule has 0 fully saturated rings. The summed E-state index contributed by atoms with van der Waals surface area (Å²) >= 11 is 0. The van der Waals surface area contributed by atoms with Gasteiger partial charge < -0.3 is 4.74 Å². The smallest absolute Gasteiger partial charge is 0.282 e. The summed E-state index contributed by atoms with van der Waals surface area (Å²) in [5, 5.41) is 17.9. The second-order valence-corrected chi connectivity index (χ2v) is 7.49. The zero-order valence-electron chi connectivity index (χ0n) is 17.6. The number of rotatable bonds is 4. The first-order valence-corrected chi connectivity index (χ1v) is 10.3. The second-order valence-electron chi connectivity index (χ2n) is 7.49. The molecule has 0 radical (unpaired) electrons. The topological polar surface area (TPSA) is 97.9 Å². The van der Waals surface area contributed by atoms with Crippen molar-refractivity contribution in [1.29, 1.82) is 0 Å². The summed E-state index contributed by atoms with van der Waals surface area (Å²) in [5.74, 6) is -0.333. The zero-order chi connectivity index (χ0) is 22.9. The van der Waals surface area contributed by atoms with Gasteiger partial charge in [-0.15, -0.1) is 5.10 Å². The van der Waals surface area contributed by atoms with Gasteiger partial charge in [0.05, 0.1) is 16.1 Å². The lowest BCUT2D eigenvalue weighted by molar-refractivity contribution is -0.385. The third kappa shape index (κ3) is 3.67. The molecule has 1 amide bonds. The number of aromatic nitrogens is 1. The molecule has 0 aliphatic carbocycles. The van der Waals surface area contributed by atoms with E-state index in [9.17, 15) is 14.9 Å². The molecule has 3 aromatic carbocycles. The summed E-state index contributed by atoms with van der Waals surface area (Å²) in [4.78, 5) is 28.3. The molecule has 1 unspecified atom stereocenters. The standard InChI is InChI=1S/C25H18N4O4/c1-16(30)28-25(33-24(27-28)19-12-6-8-14-23(19)29(31)32)20-15-22(17-9-3-2-4-10-17)26-21-13-7-5-11-18(20)21/h2-15,25H,1H3. The summed E-state index contributed by atoms with van der Waals surface area (Å²) in [6, 6.07) is 25.3. The van der Waals surface area contributed by atoms with Crippen molar-refractivity contribution in [1.82, 2.24) is 9.99 Å². The summed E-state index contributed by atoms with van der Waals surface area (Å²) in [6.07, 6.45) is -0.896. The van der Waals surface area contributed by atoms with E-state index in [1.165, 1.54) is 18.0 Å². The number of pyridine rings is 1. The maximum Gasteiger partial charge on any atom is 0.282 e. The molecule has 162 valence electrons. The third-order valence-electron chi connectivity index (χ3n) is 5.38. The fourth-order valence-corrected chi connectivity index (χ4v) is 3.85.